The number of nitrogens with zero attached hydrogens (tertiary/aromatic N) is 3. The van der Waals surface area contributed by atoms with E-state index in [-0.39, 0.29) is 5.56 Å². The Morgan fingerprint density at radius 2 is 2.22 bits per heavy atom. The van der Waals surface area contributed by atoms with Crippen LogP contribution in [0.15, 0.2) is 40.1 Å². The van der Waals surface area contributed by atoms with Gasteiger partial charge in [0.05, 0.1) is 16.2 Å². The van der Waals surface area contributed by atoms with E-state index in [1.165, 1.54) is 6.33 Å². The van der Waals surface area contributed by atoms with E-state index in [1.54, 1.807) is 29.1 Å². The highest BCUT2D eigenvalue weighted by Crippen LogP contribution is 2.24. The molecule has 3 rings (SSSR count). The molecule has 90 valence electrons. The fourth-order valence-electron chi connectivity index (χ4n) is 1.73. The Morgan fingerprint density at radius 1 is 1.39 bits per heavy atom. The van der Waals surface area contributed by atoms with E-state index in [0.717, 1.165) is 0 Å². The predicted molar refractivity (Wildman–Crippen MR) is 72.2 cm³/mol. The van der Waals surface area contributed by atoms with Crippen molar-refractivity contribution in [2.75, 3.05) is 0 Å². The van der Waals surface area contributed by atoms with Crippen LogP contribution >= 0.6 is 27.5 Å². The lowest BCUT2D eigenvalue weighted by atomic mass is 10.4. The van der Waals surface area contributed by atoms with Crippen molar-refractivity contribution in [3.63, 3.8) is 0 Å². The summed E-state index contributed by atoms with van der Waals surface area (Å²) >= 11 is 9.27. The van der Waals surface area contributed by atoms with E-state index in [2.05, 4.69) is 30.9 Å². The summed E-state index contributed by atoms with van der Waals surface area (Å²) in [6, 6.07) is 3.39. The first-order valence-corrected chi connectivity index (χ1v) is 6.20. The fourth-order valence-corrected chi connectivity index (χ4v) is 2.44. The van der Waals surface area contributed by atoms with Crippen LogP contribution in [0.4, 0.5) is 0 Å². The Bertz CT molecular complexity index is 795. The molecule has 0 aliphatic rings. The second-order valence-electron chi connectivity index (χ2n) is 3.61. The summed E-state index contributed by atoms with van der Waals surface area (Å²) in [6.45, 7) is 0. The SMILES string of the molecule is O=c1[nH]cnc2c1c(Br)cn2-c1cc(Cl)ccn1. The van der Waals surface area contributed by atoms with Crippen LogP contribution in [-0.2, 0) is 0 Å². The summed E-state index contributed by atoms with van der Waals surface area (Å²) in [7, 11) is 0. The standard InChI is InChI=1S/C11H6BrClN4O/c12-7-4-17(8-3-6(13)1-2-14-8)10-9(7)11(18)16-5-15-10/h1-5H,(H,15,16,18). The molecule has 0 aliphatic carbocycles. The molecular formula is C11H6BrClN4O. The van der Waals surface area contributed by atoms with E-state index >= 15 is 0 Å². The molecule has 0 spiro atoms. The molecule has 0 saturated carbocycles. The number of aromatic nitrogens is 4. The van der Waals surface area contributed by atoms with Gasteiger partial charge in [0.25, 0.3) is 5.56 Å². The van der Waals surface area contributed by atoms with Crippen LogP contribution in [0.2, 0.25) is 5.02 Å². The third-order valence-electron chi connectivity index (χ3n) is 2.50. The third kappa shape index (κ3) is 1.74. The zero-order valence-corrected chi connectivity index (χ0v) is 11.2. The smallest absolute Gasteiger partial charge is 0.261 e. The summed E-state index contributed by atoms with van der Waals surface area (Å²) in [4.78, 5) is 22.6. The molecule has 0 aromatic carbocycles. The second-order valence-corrected chi connectivity index (χ2v) is 4.90. The molecule has 0 unspecified atom stereocenters. The van der Waals surface area contributed by atoms with Gasteiger partial charge in [0.2, 0.25) is 0 Å². The Morgan fingerprint density at radius 3 is 3.00 bits per heavy atom. The van der Waals surface area contributed by atoms with Gasteiger partial charge in [-0.1, -0.05) is 11.6 Å². The van der Waals surface area contributed by atoms with Crippen LogP contribution in [0.5, 0.6) is 0 Å². The summed E-state index contributed by atoms with van der Waals surface area (Å²) in [5, 5.41) is 1.06. The molecule has 0 atom stereocenters. The van der Waals surface area contributed by atoms with Gasteiger partial charge in [-0.2, -0.15) is 0 Å². The first kappa shape index (κ1) is 11.4. The summed E-state index contributed by atoms with van der Waals surface area (Å²) < 4.78 is 2.37. The van der Waals surface area contributed by atoms with Crippen molar-refractivity contribution < 1.29 is 0 Å². The largest absolute Gasteiger partial charge is 0.312 e. The Balaban J connectivity index is 2.38. The number of hydrogen-bond acceptors (Lipinski definition) is 3. The predicted octanol–water partition coefficient (Wildman–Crippen LogP) is 2.52. The molecule has 5 nitrogen and oxygen atoms in total. The Hall–Kier alpha value is -1.66. The van der Waals surface area contributed by atoms with Crippen molar-refractivity contribution in [3.8, 4) is 5.82 Å². The highest BCUT2D eigenvalue weighted by molar-refractivity contribution is 9.10. The molecule has 0 radical (unpaired) electrons. The monoisotopic (exact) mass is 324 g/mol. The molecule has 3 aromatic rings. The fraction of sp³-hybridized carbons (Fsp3) is 0. The van der Waals surface area contributed by atoms with Crippen LogP contribution in [0.3, 0.4) is 0 Å². The summed E-state index contributed by atoms with van der Waals surface area (Å²) in [5.74, 6) is 0.608. The van der Waals surface area contributed by atoms with Crippen molar-refractivity contribution in [1.29, 1.82) is 0 Å². The third-order valence-corrected chi connectivity index (χ3v) is 3.33. The lowest BCUT2D eigenvalue weighted by Crippen LogP contribution is -2.07. The van der Waals surface area contributed by atoms with E-state index in [9.17, 15) is 4.79 Å². The number of H-pyrrole nitrogens is 1. The summed E-state index contributed by atoms with van der Waals surface area (Å²) in [5.41, 5.74) is 0.327. The minimum absolute atomic E-state index is 0.201. The van der Waals surface area contributed by atoms with E-state index < -0.39 is 0 Å². The molecular weight excluding hydrogens is 320 g/mol. The van der Waals surface area contributed by atoms with Crippen molar-refractivity contribution in [2.45, 2.75) is 0 Å². The second kappa shape index (κ2) is 4.22. The van der Waals surface area contributed by atoms with Crippen LogP contribution < -0.4 is 5.56 Å². The number of nitrogens with one attached hydrogen (secondary N) is 1. The summed E-state index contributed by atoms with van der Waals surface area (Å²) in [6.07, 6.45) is 4.70. The highest BCUT2D eigenvalue weighted by atomic mass is 79.9. The normalized spacial score (nSPS) is 11.0. The maximum absolute atomic E-state index is 11.7. The van der Waals surface area contributed by atoms with Crippen molar-refractivity contribution >= 4 is 38.6 Å². The van der Waals surface area contributed by atoms with Gasteiger partial charge in [0.1, 0.15) is 5.82 Å². The Labute approximate surface area is 115 Å². The minimum Gasteiger partial charge on any atom is -0.312 e. The molecule has 3 heterocycles. The molecule has 18 heavy (non-hydrogen) atoms. The van der Waals surface area contributed by atoms with Crippen LogP contribution in [0, 0.1) is 0 Å². The lowest BCUT2D eigenvalue weighted by molar-refractivity contribution is 1.01. The van der Waals surface area contributed by atoms with Crippen LogP contribution in [-0.4, -0.2) is 19.5 Å². The average molecular weight is 326 g/mol. The van der Waals surface area contributed by atoms with Crippen molar-refractivity contribution in [1.82, 2.24) is 19.5 Å². The first-order chi connectivity index (χ1) is 8.66. The van der Waals surface area contributed by atoms with Crippen LogP contribution in [0.25, 0.3) is 16.9 Å². The van der Waals surface area contributed by atoms with Gasteiger partial charge < -0.3 is 4.98 Å². The quantitative estimate of drug-likeness (QED) is 0.748. The highest BCUT2D eigenvalue weighted by Gasteiger charge is 2.13. The molecule has 7 heteroatoms. The van der Waals surface area contributed by atoms with Crippen LogP contribution in [0.1, 0.15) is 0 Å². The average Bonchev–Trinajstić information content (AvgIpc) is 2.68. The van der Waals surface area contributed by atoms with Crippen molar-refractivity contribution in [2.24, 2.45) is 0 Å². The van der Waals surface area contributed by atoms with Gasteiger partial charge in [0, 0.05) is 23.5 Å². The Kier molecular flexibility index (Phi) is 2.68. The topological polar surface area (TPSA) is 63.6 Å². The number of rotatable bonds is 1. The number of hydrogen-bond donors (Lipinski definition) is 1. The van der Waals surface area contributed by atoms with Gasteiger partial charge in [-0.15, -0.1) is 0 Å². The number of aromatic amines is 1. The molecule has 3 aromatic heterocycles. The minimum atomic E-state index is -0.201. The number of pyridine rings is 1. The maximum atomic E-state index is 11.7. The van der Waals surface area contributed by atoms with Gasteiger partial charge in [0.15, 0.2) is 5.65 Å². The number of fused-ring (bicyclic) bond motifs is 1. The molecule has 0 aliphatic heterocycles. The van der Waals surface area contributed by atoms with Gasteiger partial charge in [-0.3, -0.25) is 9.36 Å². The molecule has 1 N–H and O–H groups in total. The van der Waals surface area contributed by atoms with Gasteiger partial charge >= 0.3 is 0 Å². The van der Waals surface area contributed by atoms with Gasteiger partial charge in [-0.25, -0.2) is 9.97 Å². The van der Waals surface area contributed by atoms with E-state index in [4.69, 9.17) is 11.6 Å². The molecule has 0 fully saturated rings. The molecule has 0 saturated heterocycles. The molecule has 0 bridgehead atoms. The molecule has 0 amide bonds. The zero-order valence-electron chi connectivity index (χ0n) is 8.89. The van der Waals surface area contributed by atoms with Crippen molar-refractivity contribution in [3.05, 3.63) is 50.7 Å². The lowest BCUT2D eigenvalue weighted by Gasteiger charge is -2.02. The van der Waals surface area contributed by atoms with E-state index in [1.807, 2.05) is 0 Å². The number of halogens is 2. The van der Waals surface area contributed by atoms with Gasteiger partial charge in [-0.05, 0) is 22.0 Å². The van der Waals surface area contributed by atoms with E-state index in [0.29, 0.717) is 26.3 Å². The maximum Gasteiger partial charge on any atom is 0.261 e. The zero-order chi connectivity index (χ0) is 12.7. The first-order valence-electron chi connectivity index (χ1n) is 5.03.